The summed E-state index contributed by atoms with van der Waals surface area (Å²) in [6.07, 6.45) is 14.2. The van der Waals surface area contributed by atoms with E-state index >= 15 is 0 Å². The average Bonchev–Trinajstić information content (AvgIpc) is 3.69. The van der Waals surface area contributed by atoms with Gasteiger partial charge in [0.05, 0.1) is 0 Å². The number of hydrogen-bond donors (Lipinski definition) is 0. The van der Waals surface area contributed by atoms with Crippen LogP contribution in [0.3, 0.4) is 0 Å². The van der Waals surface area contributed by atoms with Gasteiger partial charge in [0, 0.05) is 0 Å². The molecule has 2 aliphatic carbocycles. The zero-order valence-corrected chi connectivity index (χ0v) is 35.2. The molecule has 0 heterocycles. The number of halogens is 2. The van der Waals surface area contributed by atoms with E-state index in [1.165, 1.54) is 74.0 Å². The van der Waals surface area contributed by atoms with Crippen LogP contribution >= 0.6 is 17.0 Å². The summed E-state index contributed by atoms with van der Waals surface area (Å²) in [5.41, 5.74) is 14.9. The van der Waals surface area contributed by atoms with Crippen LogP contribution in [-0.4, -0.2) is 5.92 Å². The molecule has 0 saturated heterocycles. The predicted molar refractivity (Wildman–Crippen MR) is 214 cm³/mol. The van der Waals surface area contributed by atoms with Gasteiger partial charge >= 0.3 is 302 Å². The normalized spacial score (nSPS) is 18.0. The molecule has 0 aliphatic heterocycles. The molecule has 0 nitrogen and oxygen atoms in total. The van der Waals surface area contributed by atoms with Crippen molar-refractivity contribution in [2.75, 3.05) is 0 Å². The molecular weight excluding hydrogens is 719 g/mol. The second kappa shape index (κ2) is 14.0. The topological polar surface area (TPSA) is 0 Å². The molecule has 251 valence electrons. The van der Waals surface area contributed by atoms with Crippen LogP contribution in [-0.2, 0) is 27.4 Å². The predicted octanol–water partition coefficient (Wildman–Crippen LogP) is 14.0. The first-order valence-electron chi connectivity index (χ1n) is 18.3. The maximum atomic E-state index is 8.55. The Hall–Kier alpha value is -1.96. The average molecular weight is 772 g/mol. The van der Waals surface area contributed by atoms with Gasteiger partial charge in [0.1, 0.15) is 0 Å². The van der Waals surface area contributed by atoms with E-state index in [9.17, 15) is 0 Å². The van der Waals surface area contributed by atoms with Crippen LogP contribution in [0.2, 0.25) is 13.1 Å². The number of fused-ring (bicyclic) bond motifs is 2. The van der Waals surface area contributed by atoms with E-state index in [1.54, 1.807) is 0 Å². The third-order valence-corrected chi connectivity index (χ3v) is 63.3. The molecule has 4 aromatic carbocycles. The first-order valence-corrected chi connectivity index (χ1v) is 34.6. The summed E-state index contributed by atoms with van der Waals surface area (Å²) in [4.78, 5) is 0. The minimum absolute atomic E-state index is 0.0905. The standard InChI is InChI=1S/C23H27.C19H19.C2H7Si.2ClH.Zr/c1-3-5-8-18-12-14-20(15-13-18)22-11-7-10-21-16-19(9-6-4-2)17-23(21)22;1-19(2,3)16-12-10-15(11-13-16)18-9-5-7-14-6-4-8-17(14)18;1-3-2;;;/h7,10-17H,3-6,8-9H2,1-2H3;4-13H,1-3H3;3H,1-2H3;2*1H;/q;;;;;+2/p-2. The van der Waals surface area contributed by atoms with Crippen LogP contribution in [0.15, 0.2) is 96.6 Å². The van der Waals surface area contributed by atoms with Crippen molar-refractivity contribution in [1.29, 1.82) is 0 Å². The van der Waals surface area contributed by atoms with Crippen molar-refractivity contribution in [3.63, 3.8) is 0 Å². The minimum atomic E-state index is -4.73. The molecule has 0 fully saturated rings. The molecule has 0 amide bonds. The first kappa shape index (κ1) is 35.9. The molecule has 0 aromatic heterocycles. The Morgan fingerprint density at radius 2 is 1.25 bits per heavy atom. The van der Waals surface area contributed by atoms with Crippen molar-refractivity contribution in [2.45, 2.75) is 98.9 Å². The van der Waals surface area contributed by atoms with Gasteiger partial charge in [-0.2, -0.15) is 0 Å². The van der Waals surface area contributed by atoms with Crippen LogP contribution in [0.4, 0.5) is 0 Å². The molecule has 4 heteroatoms. The third kappa shape index (κ3) is 6.38. The molecule has 2 aliphatic rings. The van der Waals surface area contributed by atoms with Gasteiger partial charge in [-0.05, 0) is 0 Å². The fraction of sp³-hybridized carbons (Fsp3) is 0.364. The number of aryl methyl sites for hydroxylation is 1. The summed E-state index contributed by atoms with van der Waals surface area (Å²) >= 11 is -4.73. The van der Waals surface area contributed by atoms with Crippen LogP contribution < -0.4 is 0 Å². The summed E-state index contributed by atoms with van der Waals surface area (Å²) < 4.78 is 0.217. The first-order chi connectivity index (χ1) is 22.9. The van der Waals surface area contributed by atoms with Gasteiger partial charge in [0.15, 0.2) is 0 Å². The Balaban J connectivity index is 1.46. The fourth-order valence-electron chi connectivity index (χ4n) is 8.29. The Morgan fingerprint density at radius 1 is 0.688 bits per heavy atom. The van der Waals surface area contributed by atoms with Crippen molar-refractivity contribution in [3.05, 3.63) is 130 Å². The van der Waals surface area contributed by atoms with Crippen molar-refractivity contribution in [3.8, 4) is 22.3 Å². The molecule has 2 unspecified atom stereocenters. The Bertz CT molecular complexity index is 1840. The van der Waals surface area contributed by atoms with Crippen molar-refractivity contribution in [2.24, 2.45) is 0 Å². The van der Waals surface area contributed by atoms with E-state index in [-0.39, 0.29) is 12.7 Å². The molecular formula is C44H53Cl2SiZr. The molecule has 6 rings (SSSR count). The second-order valence-electron chi connectivity index (χ2n) is 15.7. The van der Waals surface area contributed by atoms with E-state index in [4.69, 9.17) is 17.0 Å². The number of hydrogen-bond acceptors (Lipinski definition) is 0. The van der Waals surface area contributed by atoms with Gasteiger partial charge < -0.3 is 0 Å². The zero-order valence-electron chi connectivity index (χ0n) is 30.0. The van der Waals surface area contributed by atoms with Crippen LogP contribution in [0.25, 0.3) is 34.4 Å². The van der Waals surface area contributed by atoms with Crippen molar-refractivity contribution < 1.29 is 15.6 Å². The number of unbranched alkanes of at least 4 members (excludes halogenated alkanes) is 2. The van der Waals surface area contributed by atoms with Gasteiger partial charge in [-0.3, -0.25) is 0 Å². The summed E-state index contributed by atoms with van der Waals surface area (Å²) in [5, 5.41) is 0. The number of benzene rings is 4. The molecule has 0 N–H and O–H groups in total. The summed E-state index contributed by atoms with van der Waals surface area (Å²) in [5.74, 6) is -1.59. The Morgan fingerprint density at radius 3 is 1.83 bits per heavy atom. The quantitative estimate of drug-likeness (QED) is 0.133. The summed E-state index contributed by atoms with van der Waals surface area (Å²) in [6, 6.07) is 32.2. The van der Waals surface area contributed by atoms with Crippen LogP contribution in [0.1, 0.15) is 107 Å². The van der Waals surface area contributed by atoms with E-state index in [0.717, 1.165) is 25.7 Å². The van der Waals surface area contributed by atoms with Gasteiger partial charge in [-0.1, -0.05) is 0 Å². The van der Waals surface area contributed by atoms with Crippen molar-refractivity contribution >= 4 is 35.1 Å². The Labute approximate surface area is 299 Å². The molecule has 0 bridgehead atoms. The van der Waals surface area contributed by atoms with E-state index in [0.29, 0.717) is 0 Å². The third-order valence-electron chi connectivity index (χ3n) is 11.3. The molecule has 4 aromatic rings. The van der Waals surface area contributed by atoms with Gasteiger partial charge in [-0.15, -0.1) is 0 Å². The zero-order chi connectivity index (χ0) is 34.3. The van der Waals surface area contributed by atoms with Crippen molar-refractivity contribution in [1.82, 2.24) is 0 Å². The Kier molecular flexibility index (Phi) is 10.4. The van der Waals surface area contributed by atoms with Gasteiger partial charge in [0.2, 0.25) is 0 Å². The summed E-state index contributed by atoms with van der Waals surface area (Å²) in [6.45, 7) is 16.3. The SMILES string of the molecule is CCCCC1=Cc2c(-c3ccc(CCCC)cc3)cccc2[CH]1[Zr]([Cl])([Cl])([CH]1C=Cc2c(-c3ccc(C(C)(C)C)cc3)cccc21)[SiH](C)C. The van der Waals surface area contributed by atoms with Gasteiger partial charge in [0.25, 0.3) is 0 Å². The fourth-order valence-corrected chi connectivity index (χ4v) is 37.7. The molecule has 0 saturated carbocycles. The molecule has 2 atom stereocenters. The van der Waals surface area contributed by atoms with E-state index in [2.05, 4.69) is 151 Å². The van der Waals surface area contributed by atoms with Gasteiger partial charge in [-0.25, -0.2) is 0 Å². The number of rotatable bonds is 11. The maximum absolute atomic E-state index is 8.55. The van der Waals surface area contributed by atoms with Crippen LogP contribution in [0.5, 0.6) is 0 Å². The van der Waals surface area contributed by atoms with E-state index < -0.39 is 21.5 Å². The molecule has 48 heavy (non-hydrogen) atoms. The van der Waals surface area contributed by atoms with Crippen LogP contribution in [0, 0.1) is 0 Å². The van der Waals surface area contributed by atoms with E-state index in [1.807, 2.05) is 0 Å². The molecule has 0 spiro atoms. The monoisotopic (exact) mass is 769 g/mol. The molecule has 0 radical (unpaired) electrons. The number of allylic oxidation sites excluding steroid dienone is 2. The second-order valence-corrected chi connectivity index (χ2v) is 58.3. The summed E-state index contributed by atoms with van der Waals surface area (Å²) in [7, 11) is 17.1.